The highest BCUT2D eigenvalue weighted by molar-refractivity contribution is 7.16. The normalized spacial score (nSPS) is 11.4. The second kappa shape index (κ2) is 7.52. The van der Waals surface area contributed by atoms with Gasteiger partial charge in [-0.3, -0.25) is 15.0 Å². The minimum Gasteiger partial charge on any atom is -0.479 e. The van der Waals surface area contributed by atoms with E-state index in [1.54, 1.807) is 24.8 Å². The lowest BCUT2D eigenvalue weighted by molar-refractivity contribution is -0.117. The van der Waals surface area contributed by atoms with Crippen LogP contribution >= 0.6 is 11.3 Å². The van der Waals surface area contributed by atoms with Crippen molar-refractivity contribution in [1.29, 1.82) is 0 Å². The minimum absolute atomic E-state index is 0.199. The fourth-order valence-electron chi connectivity index (χ4n) is 3.67. The number of rotatable bonds is 5. The van der Waals surface area contributed by atoms with Gasteiger partial charge in [0.1, 0.15) is 10.7 Å². The number of aromatic nitrogens is 5. The van der Waals surface area contributed by atoms with Gasteiger partial charge in [-0.25, -0.2) is 19.3 Å². The topological polar surface area (TPSA) is 104 Å². The van der Waals surface area contributed by atoms with E-state index in [9.17, 15) is 9.59 Å². The van der Waals surface area contributed by atoms with Crippen molar-refractivity contribution in [2.45, 2.75) is 33.6 Å². The Kier molecular flexibility index (Phi) is 5.02. The monoisotopic (exact) mass is 426 g/mol. The van der Waals surface area contributed by atoms with Crippen LogP contribution in [0.3, 0.4) is 0 Å². The Labute approximate surface area is 176 Å². The first-order chi connectivity index (χ1) is 14.3. The number of thiophene rings is 1. The van der Waals surface area contributed by atoms with Gasteiger partial charge in [0.15, 0.2) is 5.65 Å². The maximum absolute atomic E-state index is 12.6. The van der Waals surface area contributed by atoms with Gasteiger partial charge in [0, 0.05) is 19.2 Å². The molecule has 0 spiro atoms. The van der Waals surface area contributed by atoms with Crippen molar-refractivity contribution in [2.75, 3.05) is 12.5 Å². The van der Waals surface area contributed by atoms with Crippen LogP contribution in [0.15, 0.2) is 16.2 Å². The van der Waals surface area contributed by atoms with Gasteiger partial charge < -0.3 is 4.74 Å². The molecule has 0 aliphatic rings. The predicted molar refractivity (Wildman–Crippen MR) is 116 cm³/mol. The van der Waals surface area contributed by atoms with Gasteiger partial charge in [0.2, 0.25) is 11.8 Å². The summed E-state index contributed by atoms with van der Waals surface area (Å²) in [5.74, 6) is 0.688. The lowest BCUT2D eigenvalue weighted by atomic mass is 10.00. The van der Waals surface area contributed by atoms with Crippen molar-refractivity contribution in [3.05, 3.63) is 44.4 Å². The number of ether oxygens (including phenoxy) is 1. The molecule has 0 saturated heterocycles. The van der Waals surface area contributed by atoms with Gasteiger partial charge in [0.05, 0.1) is 17.9 Å². The maximum Gasteiger partial charge on any atom is 0.281 e. The van der Waals surface area contributed by atoms with Gasteiger partial charge in [-0.05, 0) is 49.8 Å². The summed E-state index contributed by atoms with van der Waals surface area (Å²) in [6.45, 7) is 5.60. The molecule has 4 aromatic heterocycles. The molecule has 0 fully saturated rings. The van der Waals surface area contributed by atoms with E-state index in [0.29, 0.717) is 28.3 Å². The molecule has 10 heteroatoms. The van der Waals surface area contributed by atoms with Crippen LogP contribution in [-0.2, 0) is 18.3 Å². The Morgan fingerprint density at radius 1 is 1.27 bits per heavy atom. The molecule has 1 amide bonds. The first-order valence-electron chi connectivity index (χ1n) is 9.45. The van der Waals surface area contributed by atoms with E-state index in [1.165, 1.54) is 16.0 Å². The summed E-state index contributed by atoms with van der Waals surface area (Å²) in [6, 6.07) is 1.71. The largest absolute Gasteiger partial charge is 0.479 e. The number of hydrogen-bond donors (Lipinski definition) is 1. The average Bonchev–Trinajstić information content (AvgIpc) is 3.29. The van der Waals surface area contributed by atoms with Crippen LogP contribution in [0.5, 0.6) is 5.88 Å². The van der Waals surface area contributed by atoms with Crippen LogP contribution in [0.25, 0.3) is 21.3 Å². The smallest absolute Gasteiger partial charge is 0.281 e. The zero-order chi connectivity index (χ0) is 21.6. The minimum atomic E-state index is -0.275. The van der Waals surface area contributed by atoms with E-state index in [1.807, 2.05) is 26.3 Å². The molecule has 0 aliphatic carbocycles. The Morgan fingerprint density at radius 2 is 2.03 bits per heavy atom. The highest BCUT2D eigenvalue weighted by Crippen LogP contribution is 2.30. The van der Waals surface area contributed by atoms with E-state index >= 15 is 0 Å². The van der Waals surface area contributed by atoms with E-state index in [4.69, 9.17) is 4.74 Å². The lowest BCUT2D eigenvalue weighted by Gasteiger charge is -2.13. The molecule has 0 bridgehead atoms. The Morgan fingerprint density at radius 3 is 2.77 bits per heavy atom. The second-order valence-electron chi connectivity index (χ2n) is 7.11. The zero-order valence-electron chi connectivity index (χ0n) is 17.4. The molecule has 4 aromatic rings. The van der Waals surface area contributed by atoms with Crippen molar-refractivity contribution >= 4 is 38.5 Å². The zero-order valence-corrected chi connectivity index (χ0v) is 18.3. The molecule has 0 radical (unpaired) electrons. The molecule has 30 heavy (non-hydrogen) atoms. The summed E-state index contributed by atoms with van der Waals surface area (Å²) in [5.41, 5.74) is 5.95. The van der Waals surface area contributed by atoms with Crippen LogP contribution in [-0.4, -0.2) is 37.4 Å². The summed E-state index contributed by atoms with van der Waals surface area (Å²) < 4.78 is 8.29. The summed E-state index contributed by atoms with van der Waals surface area (Å²) in [4.78, 5) is 34.9. The molecule has 0 atom stereocenters. The van der Waals surface area contributed by atoms with Crippen LogP contribution in [0.2, 0.25) is 0 Å². The number of carbonyl (C=O) groups is 1. The van der Waals surface area contributed by atoms with Crippen molar-refractivity contribution in [1.82, 2.24) is 24.4 Å². The Balaban J connectivity index is 1.59. The van der Waals surface area contributed by atoms with E-state index in [2.05, 4.69) is 20.5 Å². The molecule has 0 aliphatic heterocycles. The molecule has 9 nitrogen and oxygen atoms in total. The molecule has 4 rings (SSSR count). The van der Waals surface area contributed by atoms with Crippen molar-refractivity contribution in [3.8, 4) is 5.88 Å². The highest BCUT2D eigenvalue weighted by atomic mass is 32.1. The van der Waals surface area contributed by atoms with Gasteiger partial charge in [-0.1, -0.05) is 0 Å². The van der Waals surface area contributed by atoms with Crippen molar-refractivity contribution < 1.29 is 9.53 Å². The summed E-state index contributed by atoms with van der Waals surface area (Å²) >= 11 is 1.40. The fourth-order valence-corrected chi connectivity index (χ4v) is 4.47. The number of fused-ring (bicyclic) bond motifs is 2. The molecular formula is C20H22N6O3S. The molecule has 4 heterocycles. The number of nitrogens with zero attached hydrogens (tertiary/aromatic N) is 5. The van der Waals surface area contributed by atoms with E-state index in [-0.39, 0.29) is 17.9 Å². The van der Waals surface area contributed by atoms with Crippen LogP contribution in [0.1, 0.15) is 29.1 Å². The molecule has 156 valence electrons. The second-order valence-corrected chi connectivity index (χ2v) is 8.00. The summed E-state index contributed by atoms with van der Waals surface area (Å²) in [7, 11) is 3.40. The van der Waals surface area contributed by atoms with E-state index < -0.39 is 0 Å². The number of amides is 1. The fraction of sp³-hybridized carbons (Fsp3) is 0.350. The molecule has 0 unspecified atom stereocenters. The maximum atomic E-state index is 12.6. The SMILES string of the molecule is COc1nn(C)c2nc(C)c(CCC(=O)Nn3c(C)nc4sccc4c3=O)c(C)c12. The van der Waals surface area contributed by atoms with Crippen LogP contribution in [0, 0.1) is 20.8 Å². The number of aryl methyl sites for hydroxylation is 4. The van der Waals surface area contributed by atoms with Gasteiger partial charge >= 0.3 is 0 Å². The average molecular weight is 427 g/mol. The summed E-state index contributed by atoms with van der Waals surface area (Å²) in [5, 5.41) is 7.51. The third-order valence-corrected chi connectivity index (χ3v) is 6.03. The van der Waals surface area contributed by atoms with Crippen LogP contribution < -0.4 is 15.7 Å². The lowest BCUT2D eigenvalue weighted by Crippen LogP contribution is -2.35. The molecule has 1 N–H and O–H groups in total. The van der Waals surface area contributed by atoms with Gasteiger partial charge in [-0.15, -0.1) is 16.4 Å². The highest BCUT2D eigenvalue weighted by Gasteiger charge is 2.19. The van der Waals surface area contributed by atoms with Gasteiger partial charge in [0.25, 0.3) is 5.56 Å². The third-order valence-electron chi connectivity index (χ3n) is 5.22. The Hall–Kier alpha value is -3.27. The molecular weight excluding hydrogens is 404 g/mol. The van der Waals surface area contributed by atoms with Crippen molar-refractivity contribution in [2.24, 2.45) is 7.05 Å². The number of hydrogen-bond acceptors (Lipinski definition) is 7. The molecule has 0 aromatic carbocycles. The molecule has 0 saturated carbocycles. The Bertz CT molecular complexity index is 1350. The summed E-state index contributed by atoms with van der Waals surface area (Å²) in [6.07, 6.45) is 0.678. The first-order valence-corrected chi connectivity index (χ1v) is 10.3. The quantitative estimate of drug-likeness (QED) is 0.525. The van der Waals surface area contributed by atoms with Gasteiger partial charge in [-0.2, -0.15) is 0 Å². The predicted octanol–water partition coefficient (Wildman–Crippen LogP) is 2.38. The number of nitrogens with one attached hydrogen (secondary N) is 1. The first kappa shape index (κ1) is 20.0. The van der Waals surface area contributed by atoms with Crippen molar-refractivity contribution in [3.63, 3.8) is 0 Å². The number of pyridine rings is 1. The van der Waals surface area contributed by atoms with Crippen LogP contribution in [0.4, 0.5) is 0 Å². The standard InChI is InChI=1S/C20H22N6O3S/c1-10-13(11(2)21-17-16(10)18(29-5)24-25(17)4)6-7-15(27)23-26-12(3)22-19-14(20(26)28)8-9-30-19/h8-9H,6-7H2,1-5H3,(H,23,27). The number of methoxy groups -OCH3 is 1. The third kappa shape index (κ3) is 3.22. The van der Waals surface area contributed by atoms with E-state index in [0.717, 1.165) is 27.9 Å². The number of carbonyl (C=O) groups excluding carboxylic acids is 1.